The van der Waals surface area contributed by atoms with E-state index in [2.05, 4.69) is 12.2 Å². The zero-order chi connectivity index (χ0) is 12.9. The molecule has 0 saturated heterocycles. The molecule has 0 amide bonds. The Morgan fingerprint density at radius 3 is 2.24 bits per heavy atom. The van der Waals surface area contributed by atoms with Gasteiger partial charge in [-0.1, -0.05) is 20.3 Å². The Balaban J connectivity index is 2.30. The van der Waals surface area contributed by atoms with E-state index in [1.165, 1.54) is 32.1 Å². The van der Waals surface area contributed by atoms with E-state index in [4.69, 9.17) is 0 Å². The molecule has 4 heteroatoms. The fraction of sp³-hybridized carbons (Fsp3) is 1.00. The molecule has 1 atom stereocenters. The predicted molar refractivity (Wildman–Crippen MR) is 73.0 cm³/mol. The van der Waals surface area contributed by atoms with Crippen molar-refractivity contribution in [3.8, 4) is 0 Å². The number of sulfone groups is 1. The third kappa shape index (κ3) is 5.38. The summed E-state index contributed by atoms with van der Waals surface area (Å²) in [6.45, 7) is 5.96. The second kappa shape index (κ2) is 6.74. The Bertz CT molecular complexity index is 305. The SMILES string of the molecule is CCC1CCC(NC(C)CS(=O)(=O)CC)CC1. The van der Waals surface area contributed by atoms with Gasteiger partial charge in [-0.3, -0.25) is 0 Å². The quantitative estimate of drug-likeness (QED) is 0.798. The molecule has 17 heavy (non-hydrogen) atoms. The van der Waals surface area contributed by atoms with Crippen LogP contribution in [0, 0.1) is 5.92 Å². The lowest BCUT2D eigenvalue weighted by Crippen LogP contribution is -2.42. The van der Waals surface area contributed by atoms with Crippen LogP contribution in [0.3, 0.4) is 0 Å². The second-order valence-electron chi connectivity index (χ2n) is 5.39. The highest BCUT2D eigenvalue weighted by Crippen LogP contribution is 2.26. The number of nitrogens with one attached hydrogen (secondary N) is 1. The van der Waals surface area contributed by atoms with E-state index < -0.39 is 9.84 Å². The van der Waals surface area contributed by atoms with Gasteiger partial charge in [0.15, 0.2) is 9.84 Å². The van der Waals surface area contributed by atoms with Gasteiger partial charge in [-0.05, 0) is 38.5 Å². The smallest absolute Gasteiger partial charge is 0.151 e. The highest BCUT2D eigenvalue weighted by atomic mass is 32.2. The van der Waals surface area contributed by atoms with Crippen molar-refractivity contribution in [3.63, 3.8) is 0 Å². The first kappa shape index (κ1) is 15.0. The maximum absolute atomic E-state index is 11.5. The van der Waals surface area contributed by atoms with Crippen LogP contribution >= 0.6 is 0 Å². The topological polar surface area (TPSA) is 46.2 Å². The molecule has 1 aliphatic carbocycles. The third-order valence-corrected chi connectivity index (χ3v) is 5.78. The van der Waals surface area contributed by atoms with Crippen molar-refractivity contribution in [2.45, 2.75) is 65.0 Å². The van der Waals surface area contributed by atoms with Gasteiger partial charge in [-0.2, -0.15) is 0 Å². The molecule has 1 saturated carbocycles. The zero-order valence-electron chi connectivity index (χ0n) is 11.4. The molecule has 1 unspecified atom stereocenters. The Labute approximate surface area is 106 Å². The predicted octanol–water partition coefficient (Wildman–Crippen LogP) is 2.37. The fourth-order valence-corrected chi connectivity index (χ4v) is 3.78. The fourth-order valence-electron chi connectivity index (χ4n) is 2.69. The molecule has 102 valence electrons. The summed E-state index contributed by atoms with van der Waals surface area (Å²) in [5.41, 5.74) is 0. The summed E-state index contributed by atoms with van der Waals surface area (Å²) in [6, 6.07) is 0.614. The van der Waals surface area contributed by atoms with Crippen LogP contribution in [-0.4, -0.2) is 32.0 Å². The Kier molecular flexibility index (Phi) is 5.93. The second-order valence-corrected chi connectivity index (χ2v) is 7.79. The summed E-state index contributed by atoms with van der Waals surface area (Å²) >= 11 is 0. The molecule has 0 aliphatic heterocycles. The minimum absolute atomic E-state index is 0.0862. The van der Waals surface area contributed by atoms with Crippen LogP contribution in [-0.2, 0) is 9.84 Å². The van der Waals surface area contributed by atoms with Crippen LogP contribution in [0.15, 0.2) is 0 Å². The molecule has 1 N–H and O–H groups in total. The van der Waals surface area contributed by atoms with E-state index in [0.29, 0.717) is 6.04 Å². The summed E-state index contributed by atoms with van der Waals surface area (Å²) in [7, 11) is -2.85. The number of hydrogen-bond acceptors (Lipinski definition) is 3. The first-order chi connectivity index (χ1) is 7.96. The standard InChI is InChI=1S/C13H27NO2S/c1-4-12-6-8-13(9-7-12)14-11(3)10-17(15,16)5-2/h11-14H,4-10H2,1-3H3. The monoisotopic (exact) mass is 261 g/mol. The first-order valence-corrected chi connectivity index (χ1v) is 8.75. The molecule has 1 fully saturated rings. The average molecular weight is 261 g/mol. The maximum atomic E-state index is 11.5. The van der Waals surface area contributed by atoms with E-state index in [-0.39, 0.29) is 17.5 Å². The maximum Gasteiger partial charge on any atom is 0.151 e. The largest absolute Gasteiger partial charge is 0.310 e. The van der Waals surface area contributed by atoms with Gasteiger partial charge in [-0.15, -0.1) is 0 Å². The summed E-state index contributed by atoms with van der Waals surface area (Å²) < 4.78 is 23.0. The van der Waals surface area contributed by atoms with Gasteiger partial charge in [0.2, 0.25) is 0 Å². The van der Waals surface area contributed by atoms with Crippen molar-refractivity contribution in [2.24, 2.45) is 5.92 Å². The summed E-state index contributed by atoms with van der Waals surface area (Å²) in [4.78, 5) is 0. The summed E-state index contributed by atoms with van der Waals surface area (Å²) in [5.74, 6) is 1.42. The van der Waals surface area contributed by atoms with Crippen molar-refractivity contribution in [1.29, 1.82) is 0 Å². The van der Waals surface area contributed by atoms with E-state index in [1.54, 1.807) is 6.92 Å². The van der Waals surface area contributed by atoms with Crippen LogP contribution in [0.5, 0.6) is 0 Å². The molecule has 1 aliphatic rings. The molecule has 0 aromatic heterocycles. The van der Waals surface area contributed by atoms with Gasteiger partial charge in [0.25, 0.3) is 0 Å². The molecule has 0 bridgehead atoms. The van der Waals surface area contributed by atoms with Crippen molar-refractivity contribution >= 4 is 9.84 Å². The lowest BCUT2D eigenvalue weighted by atomic mass is 9.84. The molecule has 0 spiro atoms. The molecule has 0 radical (unpaired) electrons. The van der Waals surface area contributed by atoms with Gasteiger partial charge in [0.1, 0.15) is 0 Å². The van der Waals surface area contributed by atoms with Gasteiger partial charge in [0.05, 0.1) is 5.75 Å². The zero-order valence-corrected chi connectivity index (χ0v) is 12.2. The van der Waals surface area contributed by atoms with E-state index in [1.807, 2.05) is 6.92 Å². The van der Waals surface area contributed by atoms with Gasteiger partial charge >= 0.3 is 0 Å². The van der Waals surface area contributed by atoms with E-state index in [9.17, 15) is 8.42 Å². The highest BCUT2D eigenvalue weighted by Gasteiger charge is 2.22. The average Bonchev–Trinajstić information content (AvgIpc) is 2.29. The molecule has 1 rings (SSSR count). The number of hydrogen-bond donors (Lipinski definition) is 1. The van der Waals surface area contributed by atoms with Crippen LogP contribution in [0.25, 0.3) is 0 Å². The molecule has 3 nitrogen and oxygen atoms in total. The van der Waals surface area contributed by atoms with Crippen molar-refractivity contribution in [3.05, 3.63) is 0 Å². The van der Waals surface area contributed by atoms with Crippen LogP contribution in [0.4, 0.5) is 0 Å². The van der Waals surface area contributed by atoms with Crippen molar-refractivity contribution < 1.29 is 8.42 Å². The molecular formula is C13H27NO2S. The lowest BCUT2D eigenvalue weighted by Gasteiger charge is -2.30. The highest BCUT2D eigenvalue weighted by molar-refractivity contribution is 7.91. The minimum atomic E-state index is -2.85. The summed E-state index contributed by atoms with van der Waals surface area (Å²) in [5, 5.41) is 3.47. The summed E-state index contributed by atoms with van der Waals surface area (Å²) in [6.07, 6.45) is 6.28. The van der Waals surface area contributed by atoms with Crippen molar-refractivity contribution in [1.82, 2.24) is 5.32 Å². The van der Waals surface area contributed by atoms with Gasteiger partial charge in [0, 0.05) is 17.8 Å². The molecular weight excluding hydrogens is 234 g/mol. The van der Waals surface area contributed by atoms with Crippen LogP contribution in [0.2, 0.25) is 0 Å². The van der Waals surface area contributed by atoms with E-state index >= 15 is 0 Å². The van der Waals surface area contributed by atoms with E-state index in [0.717, 1.165) is 5.92 Å². The normalized spacial score (nSPS) is 27.9. The van der Waals surface area contributed by atoms with Crippen LogP contribution in [0.1, 0.15) is 52.9 Å². The van der Waals surface area contributed by atoms with Crippen LogP contribution < -0.4 is 5.32 Å². The lowest BCUT2D eigenvalue weighted by molar-refractivity contribution is 0.276. The van der Waals surface area contributed by atoms with Crippen molar-refractivity contribution in [2.75, 3.05) is 11.5 Å². The molecule has 0 heterocycles. The first-order valence-electron chi connectivity index (χ1n) is 6.93. The number of rotatable bonds is 6. The molecule has 0 aromatic carbocycles. The molecule has 0 aromatic rings. The Hall–Kier alpha value is -0.0900. The third-order valence-electron chi connectivity index (χ3n) is 3.89. The van der Waals surface area contributed by atoms with Gasteiger partial charge < -0.3 is 5.32 Å². The minimum Gasteiger partial charge on any atom is -0.310 e. The Morgan fingerprint density at radius 2 is 1.76 bits per heavy atom. The van der Waals surface area contributed by atoms with Gasteiger partial charge in [-0.25, -0.2) is 8.42 Å². The Morgan fingerprint density at radius 1 is 1.18 bits per heavy atom.